The van der Waals surface area contributed by atoms with Crippen molar-refractivity contribution in [3.63, 3.8) is 0 Å². The third-order valence-electron chi connectivity index (χ3n) is 3.80. The Bertz CT molecular complexity index is 448. The second-order valence-electron chi connectivity index (χ2n) is 4.95. The van der Waals surface area contributed by atoms with E-state index in [0.717, 1.165) is 25.2 Å². The topological polar surface area (TPSA) is 20.3 Å². The Morgan fingerprint density at radius 2 is 2.06 bits per heavy atom. The van der Waals surface area contributed by atoms with E-state index in [1.165, 1.54) is 24.0 Å². The molecule has 1 unspecified atom stereocenters. The van der Waals surface area contributed by atoms with Crippen molar-refractivity contribution in [1.29, 1.82) is 0 Å². The number of nitrogens with zero attached hydrogens (tertiary/aromatic N) is 1. The lowest BCUT2D eigenvalue weighted by molar-refractivity contribution is -0.104. The number of carbonyl (C=O) groups is 1. The van der Waals surface area contributed by atoms with E-state index in [1.54, 1.807) is 6.08 Å². The molecule has 1 atom stereocenters. The quantitative estimate of drug-likeness (QED) is 0.584. The molecular formula is C15H17NO. The van der Waals surface area contributed by atoms with Gasteiger partial charge in [0.1, 0.15) is 6.29 Å². The maximum Gasteiger partial charge on any atom is 0.144 e. The van der Waals surface area contributed by atoms with E-state index in [2.05, 4.69) is 29.2 Å². The standard InChI is InChI=1S/C15H17NO/c17-11-3-9-16-10-8-12-4-1-2-5-14(12)15(16)13-6-7-13/h1-5,9,11,13,15H,6-8,10H2. The molecule has 2 nitrogen and oxygen atoms in total. The average molecular weight is 227 g/mol. The zero-order valence-corrected chi connectivity index (χ0v) is 9.88. The van der Waals surface area contributed by atoms with Gasteiger partial charge in [0.15, 0.2) is 0 Å². The molecule has 1 saturated carbocycles. The van der Waals surface area contributed by atoms with Crippen LogP contribution >= 0.6 is 0 Å². The van der Waals surface area contributed by atoms with Crippen LogP contribution in [0.4, 0.5) is 0 Å². The summed E-state index contributed by atoms with van der Waals surface area (Å²) >= 11 is 0. The average Bonchev–Trinajstić information content (AvgIpc) is 3.19. The fraction of sp³-hybridized carbons (Fsp3) is 0.400. The van der Waals surface area contributed by atoms with Crippen molar-refractivity contribution >= 4 is 6.29 Å². The van der Waals surface area contributed by atoms with Gasteiger partial charge in [-0.2, -0.15) is 0 Å². The van der Waals surface area contributed by atoms with Gasteiger partial charge in [-0.05, 0) is 42.4 Å². The van der Waals surface area contributed by atoms with Crippen LogP contribution in [0.15, 0.2) is 36.5 Å². The lowest BCUT2D eigenvalue weighted by Gasteiger charge is -2.37. The summed E-state index contributed by atoms with van der Waals surface area (Å²) < 4.78 is 0. The molecule has 0 saturated heterocycles. The van der Waals surface area contributed by atoms with Gasteiger partial charge < -0.3 is 4.90 Å². The van der Waals surface area contributed by atoms with Crippen LogP contribution in [0.3, 0.4) is 0 Å². The number of hydrogen-bond donors (Lipinski definition) is 0. The highest BCUT2D eigenvalue weighted by atomic mass is 16.1. The smallest absolute Gasteiger partial charge is 0.144 e. The molecule has 0 spiro atoms. The Balaban J connectivity index is 1.94. The second-order valence-corrected chi connectivity index (χ2v) is 4.95. The van der Waals surface area contributed by atoms with Crippen LogP contribution in [-0.4, -0.2) is 17.7 Å². The number of rotatable bonds is 3. The molecule has 88 valence electrons. The third kappa shape index (κ3) is 1.99. The summed E-state index contributed by atoms with van der Waals surface area (Å²) in [5.41, 5.74) is 2.96. The molecule has 1 aromatic carbocycles. The van der Waals surface area contributed by atoms with E-state index in [0.29, 0.717) is 6.04 Å². The Morgan fingerprint density at radius 1 is 1.24 bits per heavy atom. The maximum atomic E-state index is 10.5. The number of aldehydes is 1. The van der Waals surface area contributed by atoms with Crippen molar-refractivity contribution in [2.24, 2.45) is 5.92 Å². The van der Waals surface area contributed by atoms with Gasteiger partial charge in [-0.1, -0.05) is 24.3 Å². The summed E-state index contributed by atoms with van der Waals surface area (Å²) in [7, 11) is 0. The Kier molecular flexibility index (Phi) is 2.71. The SMILES string of the molecule is O=CC=CN1CCc2ccccc2C1C1CC1. The van der Waals surface area contributed by atoms with Gasteiger partial charge in [-0.15, -0.1) is 0 Å². The highest BCUT2D eigenvalue weighted by Gasteiger charge is 2.38. The number of fused-ring (bicyclic) bond motifs is 1. The molecule has 0 N–H and O–H groups in total. The Morgan fingerprint density at radius 3 is 2.82 bits per heavy atom. The molecule has 1 aliphatic carbocycles. The highest BCUT2D eigenvalue weighted by molar-refractivity contribution is 5.64. The zero-order valence-electron chi connectivity index (χ0n) is 9.88. The predicted molar refractivity (Wildman–Crippen MR) is 67.5 cm³/mol. The van der Waals surface area contributed by atoms with Gasteiger partial charge in [0.05, 0.1) is 6.04 Å². The number of hydrogen-bond acceptors (Lipinski definition) is 2. The Hall–Kier alpha value is -1.57. The van der Waals surface area contributed by atoms with Crippen LogP contribution < -0.4 is 0 Å². The van der Waals surface area contributed by atoms with Crippen molar-refractivity contribution in [2.45, 2.75) is 25.3 Å². The van der Waals surface area contributed by atoms with Crippen molar-refractivity contribution in [3.05, 3.63) is 47.7 Å². The van der Waals surface area contributed by atoms with Crippen molar-refractivity contribution < 1.29 is 4.79 Å². The first-order chi connectivity index (χ1) is 8.40. The van der Waals surface area contributed by atoms with E-state index in [4.69, 9.17) is 0 Å². The van der Waals surface area contributed by atoms with Crippen molar-refractivity contribution in [3.8, 4) is 0 Å². The van der Waals surface area contributed by atoms with Gasteiger partial charge in [0.2, 0.25) is 0 Å². The van der Waals surface area contributed by atoms with E-state index in [9.17, 15) is 4.79 Å². The molecule has 1 fully saturated rings. The second kappa shape index (κ2) is 4.36. The van der Waals surface area contributed by atoms with Gasteiger partial charge in [0.25, 0.3) is 0 Å². The normalized spacial score (nSPS) is 23.8. The molecule has 0 amide bonds. The molecule has 2 heteroatoms. The summed E-state index contributed by atoms with van der Waals surface area (Å²) in [6.07, 6.45) is 8.18. The first kappa shape index (κ1) is 10.6. The van der Waals surface area contributed by atoms with Crippen molar-refractivity contribution in [1.82, 2.24) is 4.90 Å². The summed E-state index contributed by atoms with van der Waals surface area (Å²) in [6.45, 7) is 1.03. The molecule has 1 aliphatic heterocycles. The fourth-order valence-corrected chi connectivity index (χ4v) is 2.87. The molecule has 0 bridgehead atoms. The van der Waals surface area contributed by atoms with Gasteiger partial charge >= 0.3 is 0 Å². The maximum absolute atomic E-state index is 10.5. The van der Waals surface area contributed by atoms with Crippen LogP contribution in [0.25, 0.3) is 0 Å². The molecule has 1 aromatic rings. The first-order valence-electron chi connectivity index (χ1n) is 6.35. The summed E-state index contributed by atoms with van der Waals surface area (Å²) in [6, 6.07) is 9.24. The lowest BCUT2D eigenvalue weighted by atomic mass is 9.90. The molecule has 3 rings (SSSR count). The summed E-state index contributed by atoms with van der Waals surface area (Å²) in [5, 5.41) is 0. The van der Waals surface area contributed by atoms with Crippen LogP contribution in [0.2, 0.25) is 0 Å². The largest absolute Gasteiger partial charge is 0.370 e. The Labute approximate surface area is 102 Å². The molecule has 0 aromatic heterocycles. The van der Waals surface area contributed by atoms with Gasteiger partial charge in [0, 0.05) is 12.7 Å². The molecule has 0 radical (unpaired) electrons. The van der Waals surface area contributed by atoms with Crippen LogP contribution in [0.1, 0.15) is 30.0 Å². The highest BCUT2D eigenvalue weighted by Crippen LogP contribution is 2.47. The zero-order chi connectivity index (χ0) is 11.7. The fourth-order valence-electron chi connectivity index (χ4n) is 2.87. The minimum absolute atomic E-state index is 0.496. The van der Waals surface area contributed by atoms with Crippen LogP contribution in [-0.2, 0) is 11.2 Å². The predicted octanol–water partition coefficient (Wildman–Crippen LogP) is 2.71. The third-order valence-corrected chi connectivity index (χ3v) is 3.80. The summed E-state index contributed by atoms with van der Waals surface area (Å²) in [4.78, 5) is 12.8. The lowest BCUT2D eigenvalue weighted by Crippen LogP contribution is -2.32. The van der Waals surface area contributed by atoms with Crippen LogP contribution in [0, 0.1) is 5.92 Å². The van der Waals surface area contributed by atoms with E-state index in [-0.39, 0.29) is 0 Å². The van der Waals surface area contributed by atoms with Gasteiger partial charge in [-0.25, -0.2) is 0 Å². The molecule has 17 heavy (non-hydrogen) atoms. The minimum atomic E-state index is 0.496. The molecule has 1 heterocycles. The first-order valence-corrected chi connectivity index (χ1v) is 6.35. The van der Waals surface area contributed by atoms with Gasteiger partial charge in [-0.3, -0.25) is 4.79 Å². The van der Waals surface area contributed by atoms with E-state index < -0.39 is 0 Å². The van der Waals surface area contributed by atoms with E-state index >= 15 is 0 Å². The van der Waals surface area contributed by atoms with E-state index in [1.807, 2.05) is 6.20 Å². The van der Waals surface area contributed by atoms with Crippen molar-refractivity contribution in [2.75, 3.05) is 6.54 Å². The molecular weight excluding hydrogens is 210 g/mol. The monoisotopic (exact) mass is 227 g/mol. The van der Waals surface area contributed by atoms with Crippen LogP contribution in [0.5, 0.6) is 0 Å². The minimum Gasteiger partial charge on any atom is -0.370 e. The number of carbonyl (C=O) groups excluding carboxylic acids is 1. The molecule has 2 aliphatic rings. The number of allylic oxidation sites excluding steroid dienone is 1. The number of benzene rings is 1. The summed E-state index contributed by atoms with van der Waals surface area (Å²) in [5.74, 6) is 0.785.